The van der Waals surface area contributed by atoms with Gasteiger partial charge in [-0.25, -0.2) is 9.59 Å². The molecule has 0 unspecified atom stereocenters. The number of aromatic carboxylic acids is 1. The van der Waals surface area contributed by atoms with Crippen molar-refractivity contribution in [3.63, 3.8) is 0 Å². The van der Waals surface area contributed by atoms with Gasteiger partial charge in [-0.1, -0.05) is 12.1 Å². The molecule has 0 amide bonds. The average molecular weight is 380 g/mol. The van der Waals surface area contributed by atoms with Gasteiger partial charge in [0.15, 0.2) is 0 Å². The van der Waals surface area contributed by atoms with Crippen LogP contribution in [0, 0.1) is 3.57 Å². The molecule has 5 nitrogen and oxygen atoms in total. The second-order valence-electron chi connectivity index (χ2n) is 4.25. The van der Waals surface area contributed by atoms with Crippen molar-refractivity contribution in [1.29, 1.82) is 0 Å². The minimum absolute atomic E-state index is 0.0970. The molecule has 0 spiro atoms. The number of benzene rings is 2. The second kappa shape index (κ2) is 4.78. The number of hydrogen-bond donors (Lipinski definition) is 2. The van der Waals surface area contributed by atoms with E-state index in [1.807, 2.05) is 18.2 Å². The molecule has 2 N–H and O–H groups in total. The number of carboxylic acids is 1. The number of rotatable bonds is 2. The maximum Gasteiger partial charge on any atom is 0.337 e. The summed E-state index contributed by atoms with van der Waals surface area (Å²) in [5.41, 5.74) is 1.28. The summed E-state index contributed by atoms with van der Waals surface area (Å²) in [5, 5.41) is 9.29. The first-order valence-electron chi connectivity index (χ1n) is 5.81. The summed E-state index contributed by atoms with van der Waals surface area (Å²) in [6.07, 6.45) is 0. The Kier molecular flexibility index (Phi) is 3.09. The number of nitrogens with one attached hydrogen (secondary N) is 1. The molecule has 1 aromatic heterocycles. The van der Waals surface area contributed by atoms with Crippen LogP contribution in [0.2, 0.25) is 0 Å². The molecule has 0 saturated heterocycles. The lowest BCUT2D eigenvalue weighted by Gasteiger charge is -2.06. The summed E-state index contributed by atoms with van der Waals surface area (Å²) in [6, 6.07) is 12.1. The fourth-order valence-corrected chi connectivity index (χ4v) is 2.72. The summed E-state index contributed by atoms with van der Waals surface area (Å²) >= 11 is 2.15. The van der Waals surface area contributed by atoms with E-state index in [0.29, 0.717) is 16.7 Å². The molecule has 0 bridgehead atoms. The van der Waals surface area contributed by atoms with Gasteiger partial charge in [0.05, 0.1) is 22.3 Å². The Morgan fingerprint density at radius 2 is 1.95 bits per heavy atom. The molecule has 20 heavy (non-hydrogen) atoms. The molecule has 0 atom stereocenters. The zero-order chi connectivity index (χ0) is 14.3. The number of nitrogens with zero attached hydrogens (tertiary/aromatic N) is 1. The number of aromatic amines is 1. The molecule has 1 heterocycles. The fourth-order valence-electron chi connectivity index (χ4n) is 2.19. The predicted molar refractivity (Wildman–Crippen MR) is 83.6 cm³/mol. The Morgan fingerprint density at radius 3 is 2.65 bits per heavy atom. The van der Waals surface area contributed by atoms with Crippen LogP contribution < -0.4 is 5.69 Å². The quantitative estimate of drug-likeness (QED) is 0.672. The Hall–Kier alpha value is -2.09. The number of carboxylic acid groups (broad SMARTS) is 1. The first-order chi connectivity index (χ1) is 9.58. The van der Waals surface area contributed by atoms with Gasteiger partial charge in [0.25, 0.3) is 0 Å². The highest BCUT2D eigenvalue weighted by Gasteiger charge is 2.16. The third kappa shape index (κ3) is 2.01. The van der Waals surface area contributed by atoms with Crippen LogP contribution in [0.3, 0.4) is 0 Å². The lowest BCUT2D eigenvalue weighted by Crippen LogP contribution is -2.15. The molecule has 2 aromatic carbocycles. The van der Waals surface area contributed by atoms with Crippen LogP contribution in [0.25, 0.3) is 16.7 Å². The number of aromatic nitrogens is 2. The highest BCUT2D eigenvalue weighted by molar-refractivity contribution is 14.1. The molecule has 3 rings (SSSR count). The largest absolute Gasteiger partial charge is 0.478 e. The van der Waals surface area contributed by atoms with Gasteiger partial charge >= 0.3 is 11.7 Å². The van der Waals surface area contributed by atoms with Crippen molar-refractivity contribution in [1.82, 2.24) is 9.55 Å². The summed E-state index contributed by atoms with van der Waals surface area (Å²) in [6.45, 7) is 0. The van der Waals surface area contributed by atoms with E-state index >= 15 is 0 Å². The number of hydrogen-bond acceptors (Lipinski definition) is 2. The van der Waals surface area contributed by atoms with Crippen LogP contribution in [-0.2, 0) is 0 Å². The molecular weight excluding hydrogens is 371 g/mol. The van der Waals surface area contributed by atoms with Crippen molar-refractivity contribution in [3.8, 4) is 5.69 Å². The van der Waals surface area contributed by atoms with Gasteiger partial charge in [-0.05, 0) is 52.9 Å². The average Bonchev–Trinajstić information content (AvgIpc) is 2.74. The van der Waals surface area contributed by atoms with E-state index in [1.54, 1.807) is 18.2 Å². The molecule has 0 radical (unpaired) electrons. The van der Waals surface area contributed by atoms with Crippen molar-refractivity contribution in [2.45, 2.75) is 0 Å². The van der Waals surface area contributed by atoms with E-state index < -0.39 is 5.97 Å². The van der Waals surface area contributed by atoms with Crippen molar-refractivity contribution in [3.05, 3.63) is 62.1 Å². The van der Waals surface area contributed by atoms with Crippen LogP contribution >= 0.6 is 22.6 Å². The monoisotopic (exact) mass is 380 g/mol. The summed E-state index contributed by atoms with van der Waals surface area (Å²) in [7, 11) is 0. The SMILES string of the molecule is O=C(O)c1cccc2[nH]c(=O)n(-c3cccc(I)c3)c12. The van der Waals surface area contributed by atoms with Crippen LogP contribution in [0.1, 0.15) is 10.4 Å². The fraction of sp³-hybridized carbons (Fsp3) is 0. The summed E-state index contributed by atoms with van der Waals surface area (Å²) in [4.78, 5) is 26.2. The standard InChI is InChI=1S/C14H9IN2O3/c15-8-3-1-4-9(7-8)17-12-10(13(18)19)5-2-6-11(12)16-14(17)20/h1-7H,(H,16,20)(H,18,19). The van der Waals surface area contributed by atoms with Gasteiger partial charge < -0.3 is 10.1 Å². The molecule has 0 saturated carbocycles. The van der Waals surface area contributed by atoms with Gasteiger partial charge in [0.1, 0.15) is 0 Å². The lowest BCUT2D eigenvalue weighted by atomic mass is 10.2. The van der Waals surface area contributed by atoms with Crippen molar-refractivity contribution in [2.75, 3.05) is 0 Å². The number of carbonyl (C=O) groups is 1. The maximum atomic E-state index is 12.1. The van der Waals surface area contributed by atoms with Crippen LogP contribution in [-0.4, -0.2) is 20.6 Å². The van der Waals surface area contributed by atoms with Crippen molar-refractivity contribution < 1.29 is 9.90 Å². The summed E-state index contributed by atoms with van der Waals surface area (Å²) < 4.78 is 2.36. The Labute approximate surface area is 127 Å². The smallest absolute Gasteiger partial charge is 0.337 e. The van der Waals surface area contributed by atoms with Gasteiger partial charge in [-0.15, -0.1) is 0 Å². The molecule has 100 valence electrons. The van der Waals surface area contributed by atoms with Crippen LogP contribution in [0.4, 0.5) is 0 Å². The molecule has 0 fully saturated rings. The third-order valence-corrected chi connectivity index (χ3v) is 3.67. The minimum atomic E-state index is -1.06. The Bertz CT molecular complexity index is 880. The molecule has 0 aliphatic carbocycles. The third-order valence-electron chi connectivity index (χ3n) is 3.00. The molecule has 0 aliphatic rings. The highest BCUT2D eigenvalue weighted by Crippen LogP contribution is 2.20. The van der Waals surface area contributed by atoms with Gasteiger partial charge in [0, 0.05) is 3.57 Å². The Morgan fingerprint density at radius 1 is 1.20 bits per heavy atom. The minimum Gasteiger partial charge on any atom is -0.478 e. The van der Waals surface area contributed by atoms with Crippen molar-refractivity contribution in [2.24, 2.45) is 0 Å². The van der Waals surface area contributed by atoms with Crippen LogP contribution in [0.5, 0.6) is 0 Å². The van der Waals surface area contributed by atoms with Gasteiger partial charge in [0.2, 0.25) is 0 Å². The molecule has 3 aromatic rings. The van der Waals surface area contributed by atoms with E-state index in [4.69, 9.17) is 0 Å². The zero-order valence-corrected chi connectivity index (χ0v) is 12.3. The number of halogens is 1. The van der Waals surface area contributed by atoms with Crippen LogP contribution in [0.15, 0.2) is 47.3 Å². The van der Waals surface area contributed by atoms with E-state index in [0.717, 1.165) is 3.57 Å². The second-order valence-corrected chi connectivity index (χ2v) is 5.50. The number of imidazole rings is 1. The number of para-hydroxylation sites is 1. The van der Waals surface area contributed by atoms with E-state index in [9.17, 15) is 14.7 Å². The maximum absolute atomic E-state index is 12.1. The first kappa shape index (κ1) is 12.9. The molecule has 6 heteroatoms. The van der Waals surface area contributed by atoms with E-state index in [2.05, 4.69) is 27.6 Å². The molecular formula is C14H9IN2O3. The van der Waals surface area contributed by atoms with E-state index in [-0.39, 0.29) is 11.3 Å². The van der Waals surface area contributed by atoms with Gasteiger partial charge in [-0.2, -0.15) is 0 Å². The topological polar surface area (TPSA) is 75.1 Å². The summed E-state index contributed by atoms with van der Waals surface area (Å²) in [5.74, 6) is -1.06. The van der Waals surface area contributed by atoms with Gasteiger partial charge in [-0.3, -0.25) is 4.57 Å². The number of H-pyrrole nitrogens is 1. The van der Waals surface area contributed by atoms with Crippen molar-refractivity contribution >= 4 is 39.6 Å². The highest BCUT2D eigenvalue weighted by atomic mass is 127. The lowest BCUT2D eigenvalue weighted by molar-refractivity contribution is 0.0698. The predicted octanol–water partition coefficient (Wildman–Crippen LogP) is 2.62. The van der Waals surface area contributed by atoms with E-state index in [1.165, 1.54) is 10.6 Å². The zero-order valence-electron chi connectivity index (χ0n) is 10.1. The number of fused-ring (bicyclic) bond motifs is 1. The normalized spacial score (nSPS) is 10.8. The Balaban J connectivity index is 2.44. The first-order valence-corrected chi connectivity index (χ1v) is 6.89. The molecule has 0 aliphatic heterocycles.